The summed E-state index contributed by atoms with van der Waals surface area (Å²) in [5.74, 6) is 1.52. The highest BCUT2D eigenvalue weighted by atomic mass is 16.5. The Kier molecular flexibility index (Phi) is 7.06. The van der Waals surface area contributed by atoms with Crippen LogP contribution in [0, 0.1) is 6.92 Å². The van der Waals surface area contributed by atoms with Crippen molar-refractivity contribution in [1.29, 1.82) is 0 Å². The molecule has 0 aliphatic carbocycles. The molecule has 2 amide bonds. The van der Waals surface area contributed by atoms with Gasteiger partial charge in [-0.05, 0) is 80.4 Å². The van der Waals surface area contributed by atoms with E-state index in [1.54, 1.807) is 45.2 Å². The average Bonchev–Trinajstić information content (AvgIpc) is 2.85. The van der Waals surface area contributed by atoms with Crippen molar-refractivity contribution >= 4 is 17.7 Å². The zero-order valence-electron chi connectivity index (χ0n) is 20.1. The van der Waals surface area contributed by atoms with Crippen LogP contribution in [0.5, 0.6) is 17.2 Å². The normalized spacial score (nSPS) is 15.3. The van der Waals surface area contributed by atoms with E-state index in [-0.39, 0.29) is 6.10 Å². The molecule has 0 radical (unpaired) electrons. The Morgan fingerprint density at radius 1 is 0.857 bits per heavy atom. The van der Waals surface area contributed by atoms with Gasteiger partial charge in [0.1, 0.15) is 17.2 Å². The molecular formula is C28H28N2O5. The molecule has 3 aromatic carbocycles. The molecule has 0 aromatic heterocycles. The quantitative estimate of drug-likeness (QED) is 0.443. The van der Waals surface area contributed by atoms with Gasteiger partial charge in [0.2, 0.25) is 0 Å². The van der Waals surface area contributed by atoms with Crippen LogP contribution in [0.1, 0.15) is 36.6 Å². The Morgan fingerprint density at radius 2 is 1.43 bits per heavy atom. The van der Waals surface area contributed by atoms with Gasteiger partial charge in [-0.3, -0.25) is 0 Å². The summed E-state index contributed by atoms with van der Waals surface area (Å²) in [6.07, 6.45) is -0.323. The number of aryl methyl sites for hydroxylation is 1. The first kappa shape index (κ1) is 23.9. The highest BCUT2D eigenvalue weighted by Gasteiger charge is 2.34. The molecule has 7 heteroatoms. The van der Waals surface area contributed by atoms with E-state index in [9.17, 15) is 9.59 Å². The molecule has 0 saturated heterocycles. The van der Waals surface area contributed by atoms with Gasteiger partial charge in [0.05, 0.1) is 30.5 Å². The number of rotatable bonds is 7. The van der Waals surface area contributed by atoms with Gasteiger partial charge in [-0.15, -0.1) is 0 Å². The lowest BCUT2D eigenvalue weighted by atomic mass is 9.92. The molecule has 7 nitrogen and oxygen atoms in total. The summed E-state index contributed by atoms with van der Waals surface area (Å²) in [6, 6.07) is 21.0. The van der Waals surface area contributed by atoms with E-state index in [0.717, 1.165) is 16.9 Å². The van der Waals surface area contributed by atoms with E-state index in [4.69, 9.17) is 14.2 Å². The lowest BCUT2D eigenvalue weighted by Gasteiger charge is -2.30. The van der Waals surface area contributed by atoms with Gasteiger partial charge in [0, 0.05) is 0 Å². The van der Waals surface area contributed by atoms with Gasteiger partial charge in [-0.25, -0.2) is 9.59 Å². The number of hydrogen-bond donors (Lipinski definition) is 2. The van der Waals surface area contributed by atoms with E-state index >= 15 is 0 Å². The zero-order valence-corrected chi connectivity index (χ0v) is 20.1. The highest BCUT2D eigenvalue weighted by molar-refractivity contribution is 6.04. The van der Waals surface area contributed by atoms with Crippen molar-refractivity contribution in [3.8, 4) is 17.2 Å². The third kappa shape index (κ3) is 5.63. The monoisotopic (exact) mass is 472 g/mol. The molecule has 0 fully saturated rings. The second-order valence-corrected chi connectivity index (χ2v) is 8.49. The van der Waals surface area contributed by atoms with Gasteiger partial charge in [-0.1, -0.05) is 29.8 Å². The van der Waals surface area contributed by atoms with Crippen LogP contribution in [0.15, 0.2) is 78.4 Å². The minimum atomic E-state index is -0.708. The molecule has 0 saturated carbocycles. The molecule has 3 aromatic rings. The van der Waals surface area contributed by atoms with Crippen molar-refractivity contribution in [2.24, 2.45) is 0 Å². The maximum absolute atomic E-state index is 13.2. The van der Waals surface area contributed by atoms with E-state index in [1.165, 1.54) is 0 Å². The summed E-state index contributed by atoms with van der Waals surface area (Å²) in [5, 5.41) is 5.65. The fraction of sp³-hybridized carbons (Fsp3) is 0.214. The number of carbonyl (C=O) groups excluding carboxylic acids is 2. The van der Waals surface area contributed by atoms with Crippen molar-refractivity contribution in [2.45, 2.75) is 32.9 Å². The predicted molar refractivity (Wildman–Crippen MR) is 133 cm³/mol. The van der Waals surface area contributed by atoms with Crippen LogP contribution in [0.25, 0.3) is 5.70 Å². The second kappa shape index (κ2) is 10.3. The number of benzene rings is 3. The number of ether oxygens (including phenoxy) is 3. The maximum atomic E-state index is 13.2. The number of urea groups is 1. The molecule has 1 heterocycles. The van der Waals surface area contributed by atoms with Crippen molar-refractivity contribution in [3.05, 3.63) is 95.1 Å². The lowest BCUT2D eigenvalue weighted by Crippen LogP contribution is -2.45. The Bertz CT molecular complexity index is 1230. The van der Waals surface area contributed by atoms with Gasteiger partial charge >= 0.3 is 12.0 Å². The fourth-order valence-corrected chi connectivity index (χ4v) is 3.77. The third-order valence-corrected chi connectivity index (χ3v) is 5.48. The number of carbonyl (C=O) groups is 2. The van der Waals surface area contributed by atoms with Crippen molar-refractivity contribution in [2.75, 3.05) is 7.11 Å². The van der Waals surface area contributed by atoms with Crippen molar-refractivity contribution in [1.82, 2.24) is 10.6 Å². The molecule has 0 spiro atoms. The second-order valence-electron chi connectivity index (χ2n) is 8.49. The molecule has 180 valence electrons. The van der Waals surface area contributed by atoms with Crippen molar-refractivity contribution < 1.29 is 23.8 Å². The average molecular weight is 473 g/mol. The van der Waals surface area contributed by atoms with Crippen LogP contribution in [0.2, 0.25) is 0 Å². The summed E-state index contributed by atoms with van der Waals surface area (Å²) in [6.45, 7) is 5.58. The summed E-state index contributed by atoms with van der Waals surface area (Å²) in [5.41, 5.74) is 3.25. The molecule has 4 rings (SSSR count). The zero-order chi connectivity index (χ0) is 24.9. The number of nitrogens with one attached hydrogen (secondary N) is 2. The Balaban J connectivity index is 1.71. The van der Waals surface area contributed by atoms with E-state index in [1.807, 2.05) is 55.5 Å². The van der Waals surface area contributed by atoms with Gasteiger partial charge in [0.25, 0.3) is 0 Å². The van der Waals surface area contributed by atoms with Gasteiger partial charge in [-0.2, -0.15) is 0 Å². The van der Waals surface area contributed by atoms with Gasteiger partial charge in [0.15, 0.2) is 0 Å². The smallest absolute Gasteiger partial charge is 0.338 e. The molecule has 35 heavy (non-hydrogen) atoms. The van der Waals surface area contributed by atoms with Crippen LogP contribution in [-0.4, -0.2) is 25.2 Å². The standard InChI is InChI=1S/C28H28N2O5/c1-17(2)34-27(31)24-25(19-7-13-21(33-4)14-8-19)29-28(32)30-26(24)20-9-15-23(16-10-20)35-22-11-5-18(3)6-12-22/h5-17,26H,1-4H3,(H2,29,30,32). The molecular weight excluding hydrogens is 444 g/mol. The van der Waals surface area contributed by atoms with Crippen LogP contribution in [0.3, 0.4) is 0 Å². The number of amides is 2. The summed E-state index contributed by atoms with van der Waals surface area (Å²) in [4.78, 5) is 25.8. The Labute approximate surface area is 204 Å². The van der Waals surface area contributed by atoms with Crippen molar-refractivity contribution in [3.63, 3.8) is 0 Å². The number of esters is 1. The molecule has 1 unspecified atom stereocenters. The molecule has 0 bridgehead atoms. The first-order valence-corrected chi connectivity index (χ1v) is 11.4. The molecule has 2 N–H and O–H groups in total. The van der Waals surface area contributed by atoms with E-state index in [0.29, 0.717) is 28.3 Å². The highest BCUT2D eigenvalue weighted by Crippen LogP contribution is 2.34. The minimum absolute atomic E-state index is 0.315. The predicted octanol–water partition coefficient (Wildman–Crippen LogP) is 5.51. The largest absolute Gasteiger partial charge is 0.497 e. The molecule has 1 aliphatic heterocycles. The SMILES string of the molecule is COc1ccc(C2=C(C(=O)OC(C)C)C(c3ccc(Oc4ccc(C)cc4)cc3)NC(=O)N2)cc1. The van der Waals surface area contributed by atoms with Crippen LogP contribution in [-0.2, 0) is 9.53 Å². The molecule has 1 aliphatic rings. The lowest BCUT2D eigenvalue weighted by molar-refractivity contribution is -0.143. The summed E-state index contributed by atoms with van der Waals surface area (Å²) >= 11 is 0. The summed E-state index contributed by atoms with van der Waals surface area (Å²) < 4.78 is 16.7. The fourth-order valence-electron chi connectivity index (χ4n) is 3.77. The number of methoxy groups -OCH3 is 1. The summed E-state index contributed by atoms with van der Waals surface area (Å²) in [7, 11) is 1.58. The third-order valence-electron chi connectivity index (χ3n) is 5.48. The topological polar surface area (TPSA) is 85.9 Å². The Morgan fingerprint density at radius 3 is 2.00 bits per heavy atom. The Hall–Kier alpha value is -4.26. The minimum Gasteiger partial charge on any atom is -0.497 e. The first-order chi connectivity index (χ1) is 16.8. The van der Waals surface area contributed by atoms with Crippen LogP contribution >= 0.6 is 0 Å². The molecule has 1 atom stereocenters. The van der Waals surface area contributed by atoms with Crippen LogP contribution in [0.4, 0.5) is 4.79 Å². The van der Waals surface area contributed by atoms with Gasteiger partial charge < -0.3 is 24.8 Å². The maximum Gasteiger partial charge on any atom is 0.338 e. The van der Waals surface area contributed by atoms with E-state index < -0.39 is 18.0 Å². The van der Waals surface area contributed by atoms with Crippen LogP contribution < -0.4 is 20.1 Å². The van der Waals surface area contributed by atoms with E-state index in [2.05, 4.69) is 10.6 Å². The first-order valence-electron chi connectivity index (χ1n) is 11.4. The number of hydrogen-bond acceptors (Lipinski definition) is 5.